The molecule has 1 aromatic rings. The van der Waals surface area contributed by atoms with Crippen LogP contribution in [-0.4, -0.2) is 31.8 Å². The lowest BCUT2D eigenvalue weighted by Gasteiger charge is -1.90. The van der Waals surface area contributed by atoms with Gasteiger partial charge < -0.3 is 10.8 Å². The summed E-state index contributed by atoms with van der Waals surface area (Å²) in [5.74, 6) is -1.82. The SMILES string of the molecule is Cl.N/C(=N\n1cncn1)C(=O)O. The Morgan fingerprint density at radius 1 is 1.67 bits per heavy atom. The maximum absolute atomic E-state index is 10.1. The Balaban J connectivity index is 0.00000121. The number of amidine groups is 1. The van der Waals surface area contributed by atoms with Gasteiger partial charge in [-0.1, -0.05) is 0 Å². The summed E-state index contributed by atoms with van der Waals surface area (Å²) >= 11 is 0. The topological polar surface area (TPSA) is 106 Å². The highest BCUT2D eigenvalue weighted by Gasteiger charge is 2.02. The Bertz CT molecular complexity index is 282. The molecule has 0 saturated carbocycles. The first-order chi connectivity index (χ1) is 5.20. The van der Waals surface area contributed by atoms with Crippen molar-refractivity contribution in [2.24, 2.45) is 10.8 Å². The Morgan fingerprint density at radius 2 is 2.33 bits per heavy atom. The molecule has 0 fully saturated rings. The van der Waals surface area contributed by atoms with E-state index in [1.165, 1.54) is 12.7 Å². The number of halogens is 1. The fourth-order valence-electron chi connectivity index (χ4n) is 0.407. The van der Waals surface area contributed by atoms with Crippen LogP contribution in [0.2, 0.25) is 0 Å². The zero-order valence-electron chi connectivity index (χ0n) is 5.78. The number of carboxylic acid groups (broad SMARTS) is 1. The first kappa shape index (κ1) is 10.4. The number of nitrogens with zero attached hydrogens (tertiary/aromatic N) is 4. The number of aromatic nitrogens is 3. The zero-order chi connectivity index (χ0) is 8.27. The highest BCUT2D eigenvalue weighted by atomic mass is 35.5. The van der Waals surface area contributed by atoms with Gasteiger partial charge in [0.2, 0.25) is 5.84 Å². The third-order valence-corrected chi connectivity index (χ3v) is 0.836. The van der Waals surface area contributed by atoms with Crippen molar-refractivity contribution in [3.05, 3.63) is 12.7 Å². The molecule has 0 aliphatic rings. The quantitative estimate of drug-likeness (QED) is 0.433. The van der Waals surface area contributed by atoms with Gasteiger partial charge in [-0.25, -0.2) is 9.78 Å². The molecule has 0 bridgehead atoms. The maximum atomic E-state index is 10.1. The molecule has 0 atom stereocenters. The molecule has 0 amide bonds. The third kappa shape index (κ3) is 2.54. The minimum atomic E-state index is -1.29. The predicted molar refractivity (Wildman–Crippen MR) is 41.9 cm³/mol. The second-order valence-corrected chi connectivity index (χ2v) is 1.61. The fourth-order valence-corrected chi connectivity index (χ4v) is 0.407. The first-order valence-corrected chi connectivity index (χ1v) is 2.62. The van der Waals surface area contributed by atoms with Gasteiger partial charge in [0, 0.05) is 0 Å². The largest absolute Gasteiger partial charge is 0.475 e. The van der Waals surface area contributed by atoms with Crippen LogP contribution in [0.1, 0.15) is 0 Å². The number of hydrogen-bond donors (Lipinski definition) is 2. The Hall–Kier alpha value is -1.63. The molecule has 1 aromatic heterocycles. The van der Waals surface area contributed by atoms with Crippen molar-refractivity contribution in [1.29, 1.82) is 0 Å². The van der Waals surface area contributed by atoms with Gasteiger partial charge in [-0.3, -0.25) is 0 Å². The number of aliphatic carboxylic acids is 1. The van der Waals surface area contributed by atoms with E-state index in [0.29, 0.717) is 0 Å². The molecule has 7 nitrogen and oxygen atoms in total. The van der Waals surface area contributed by atoms with Crippen molar-refractivity contribution in [3.63, 3.8) is 0 Å². The van der Waals surface area contributed by atoms with Crippen LogP contribution in [0.5, 0.6) is 0 Å². The van der Waals surface area contributed by atoms with E-state index in [2.05, 4.69) is 15.2 Å². The summed E-state index contributed by atoms with van der Waals surface area (Å²) in [6.07, 6.45) is 2.45. The summed E-state index contributed by atoms with van der Waals surface area (Å²) in [7, 11) is 0. The summed E-state index contributed by atoms with van der Waals surface area (Å²) in [4.78, 5) is 14.6. The number of carboxylic acids is 1. The van der Waals surface area contributed by atoms with Gasteiger partial charge in [0.05, 0.1) is 0 Å². The molecular formula is C4H6ClN5O2. The van der Waals surface area contributed by atoms with Crippen LogP contribution >= 0.6 is 12.4 Å². The van der Waals surface area contributed by atoms with Crippen molar-refractivity contribution >= 4 is 24.2 Å². The number of carbonyl (C=O) groups is 1. The van der Waals surface area contributed by atoms with Crippen molar-refractivity contribution in [1.82, 2.24) is 14.9 Å². The van der Waals surface area contributed by atoms with Crippen LogP contribution in [0.25, 0.3) is 0 Å². The highest BCUT2D eigenvalue weighted by Crippen LogP contribution is 1.78. The molecule has 0 spiro atoms. The van der Waals surface area contributed by atoms with Crippen LogP contribution < -0.4 is 5.73 Å². The Kier molecular flexibility index (Phi) is 3.71. The Morgan fingerprint density at radius 3 is 2.75 bits per heavy atom. The van der Waals surface area contributed by atoms with Gasteiger partial charge in [-0.15, -0.1) is 27.4 Å². The van der Waals surface area contributed by atoms with Crippen molar-refractivity contribution in [2.75, 3.05) is 0 Å². The van der Waals surface area contributed by atoms with Gasteiger partial charge >= 0.3 is 5.97 Å². The summed E-state index contributed by atoms with van der Waals surface area (Å²) in [5, 5.41) is 15.1. The average Bonchev–Trinajstić information content (AvgIpc) is 2.39. The van der Waals surface area contributed by atoms with Gasteiger partial charge in [0.15, 0.2) is 0 Å². The summed E-state index contributed by atoms with van der Waals surface area (Å²) < 4.78 is 0. The fraction of sp³-hybridized carbons (Fsp3) is 0. The number of nitrogens with two attached hydrogens (primary N) is 1. The molecule has 8 heteroatoms. The van der Waals surface area contributed by atoms with Crippen LogP contribution in [0.15, 0.2) is 17.8 Å². The lowest BCUT2D eigenvalue weighted by atomic mass is 10.6. The van der Waals surface area contributed by atoms with Crippen molar-refractivity contribution in [3.8, 4) is 0 Å². The van der Waals surface area contributed by atoms with Gasteiger partial charge in [-0.2, -0.15) is 0 Å². The van der Waals surface area contributed by atoms with Gasteiger partial charge in [-0.05, 0) is 0 Å². The van der Waals surface area contributed by atoms with E-state index >= 15 is 0 Å². The molecular weight excluding hydrogens is 186 g/mol. The molecule has 1 heterocycles. The Labute approximate surface area is 73.3 Å². The smallest absolute Gasteiger partial charge is 0.373 e. The lowest BCUT2D eigenvalue weighted by molar-refractivity contribution is -0.129. The predicted octanol–water partition coefficient (Wildman–Crippen LogP) is -1.10. The third-order valence-electron chi connectivity index (χ3n) is 0.836. The monoisotopic (exact) mass is 191 g/mol. The molecule has 66 valence electrons. The van der Waals surface area contributed by atoms with E-state index in [1.807, 2.05) is 0 Å². The first-order valence-electron chi connectivity index (χ1n) is 2.62. The molecule has 12 heavy (non-hydrogen) atoms. The van der Waals surface area contributed by atoms with E-state index in [-0.39, 0.29) is 12.4 Å². The van der Waals surface area contributed by atoms with Crippen LogP contribution in [0.3, 0.4) is 0 Å². The standard InChI is InChI=1S/C4H5N5O2.ClH/c5-3(4(10)11)8-9-2-6-1-7-9;/h1-2H,(H2,5,8)(H,10,11);1H. The molecule has 0 saturated heterocycles. The minimum Gasteiger partial charge on any atom is -0.475 e. The molecule has 0 aliphatic heterocycles. The van der Waals surface area contributed by atoms with Crippen LogP contribution in [0, 0.1) is 0 Å². The normalized spacial score (nSPS) is 10.5. The lowest BCUT2D eigenvalue weighted by Crippen LogP contribution is -2.24. The van der Waals surface area contributed by atoms with E-state index in [1.54, 1.807) is 0 Å². The van der Waals surface area contributed by atoms with Crippen molar-refractivity contribution < 1.29 is 9.90 Å². The zero-order valence-corrected chi connectivity index (χ0v) is 6.60. The molecule has 3 N–H and O–H groups in total. The molecule has 0 radical (unpaired) electrons. The van der Waals surface area contributed by atoms with Gasteiger partial charge in [0.1, 0.15) is 12.7 Å². The summed E-state index contributed by atoms with van der Waals surface area (Å²) in [6.45, 7) is 0. The number of hydrogen-bond acceptors (Lipinski definition) is 4. The van der Waals surface area contributed by atoms with E-state index < -0.39 is 11.8 Å². The highest BCUT2D eigenvalue weighted by molar-refractivity contribution is 6.33. The van der Waals surface area contributed by atoms with Crippen LogP contribution in [-0.2, 0) is 4.79 Å². The van der Waals surface area contributed by atoms with E-state index in [0.717, 1.165) is 4.79 Å². The van der Waals surface area contributed by atoms with Gasteiger partial charge in [0.25, 0.3) is 0 Å². The van der Waals surface area contributed by atoms with Crippen LogP contribution in [0.4, 0.5) is 0 Å². The average molecular weight is 192 g/mol. The summed E-state index contributed by atoms with van der Waals surface area (Å²) in [5.41, 5.74) is 4.97. The van der Waals surface area contributed by atoms with Crippen molar-refractivity contribution in [2.45, 2.75) is 0 Å². The van der Waals surface area contributed by atoms with E-state index in [9.17, 15) is 4.79 Å². The summed E-state index contributed by atoms with van der Waals surface area (Å²) in [6, 6.07) is 0. The second kappa shape index (κ2) is 4.29. The second-order valence-electron chi connectivity index (χ2n) is 1.61. The molecule has 0 aromatic carbocycles. The molecule has 0 aliphatic carbocycles. The minimum absolute atomic E-state index is 0. The number of rotatable bonds is 1. The maximum Gasteiger partial charge on any atom is 0.373 e. The van der Waals surface area contributed by atoms with E-state index in [4.69, 9.17) is 10.8 Å². The molecule has 0 unspecified atom stereocenters. The molecule has 1 rings (SSSR count).